The first-order valence-corrected chi connectivity index (χ1v) is 8.30. The Morgan fingerprint density at radius 2 is 1.84 bits per heavy atom. The number of amides is 1. The molecule has 0 saturated carbocycles. The average Bonchev–Trinajstić information content (AvgIpc) is 2.98. The van der Waals surface area contributed by atoms with Crippen molar-refractivity contribution in [3.63, 3.8) is 0 Å². The van der Waals surface area contributed by atoms with Crippen LogP contribution in [0.1, 0.15) is 23.6 Å². The molecule has 2 aromatic carbocycles. The molecule has 0 bridgehead atoms. The number of carboxylic acids is 1. The minimum atomic E-state index is -0.922. The monoisotopic (exact) mass is 339 g/mol. The molecule has 1 amide bonds. The van der Waals surface area contributed by atoms with Gasteiger partial charge in [-0.25, -0.2) is 0 Å². The van der Waals surface area contributed by atoms with Crippen LogP contribution in [0, 0.1) is 5.92 Å². The molecule has 3 rings (SSSR count). The predicted molar refractivity (Wildman–Crippen MR) is 93.3 cm³/mol. The predicted octanol–water partition coefficient (Wildman–Crippen LogP) is 2.91. The number of rotatable bonds is 6. The van der Waals surface area contributed by atoms with E-state index in [-0.39, 0.29) is 12.3 Å². The maximum atomic E-state index is 12.4. The van der Waals surface area contributed by atoms with E-state index in [1.54, 1.807) is 12.0 Å². The lowest BCUT2D eigenvalue weighted by Gasteiger charge is -2.27. The first-order chi connectivity index (χ1) is 12.1. The fourth-order valence-electron chi connectivity index (χ4n) is 3.38. The molecule has 130 valence electrons. The minimum Gasteiger partial charge on any atom is -0.497 e. The van der Waals surface area contributed by atoms with Crippen LogP contribution < -0.4 is 4.74 Å². The van der Waals surface area contributed by atoms with Crippen LogP contribution in [0.2, 0.25) is 0 Å². The molecular weight excluding hydrogens is 318 g/mol. The van der Waals surface area contributed by atoms with Crippen molar-refractivity contribution in [3.8, 4) is 5.75 Å². The smallest absolute Gasteiger partial charge is 0.309 e. The summed E-state index contributed by atoms with van der Waals surface area (Å²) in [5.41, 5.74) is 1.95. The first-order valence-electron chi connectivity index (χ1n) is 8.30. The first kappa shape index (κ1) is 17.0. The third-order valence-corrected chi connectivity index (χ3v) is 4.69. The number of hydrogen-bond acceptors (Lipinski definition) is 3. The maximum Gasteiger partial charge on any atom is 0.309 e. The van der Waals surface area contributed by atoms with Crippen LogP contribution in [-0.4, -0.2) is 35.5 Å². The molecule has 25 heavy (non-hydrogen) atoms. The van der Waals surface area contributed by atoms with Crippen molar-refractivity contribution in [2.24, 2.45) is 5.92 Å². The Kier molecular flexibility index (Phi) is 5.03. The summed E-state index contributed by atoms with van der Waals surface area (Å²) in [6, 6.07) is 16.7. The lowest BCUT2D eigenvalue weighted by Crippen LogP contribution is -2.32. The van der Waals surface area contributed by atoms with Gasteiger partial charge in [0.05, 0.1) is 19.1 Å². The maximum absolute atomic E-state index is 12.4. The topological polar surface area (TPSA) is 66.8 Å². The Balaban J connectivity index is 1.79. The average molecular weight is 339 g/mol. The second-order valence-electron chi connectivity index (χ2n) is 6.19. The second-order valence-corrected chi connectivity index (χ2v) is 6.19. The lowest BCUT2D eigenvalue weighted by atomic mass is 9.93. The van der Waals surface area contributed by atoms with Gasteiger partial charge >= 0.3 is 5.97 Å². The Morgan fingerprint density at radius 1 is 1.16 bits per heavy atom. The molecule has 2 aromatic rings. The highest BCUT2D eigenvalue weighted by Gasteiger charge is 2.44. The molecule has 5 heteroatoms. The number of nitrogens with zero attached hydrogens (tertiary/aromatic N) is 1. The summed E-state index contributed by atoms with van der Waals surface area (Å²) < 4.78 is 5.15. The normalized spacial score (nSPS) is 19.9. The number of carbonyl (C=O) groups is 2. The summed E-state index contributed by atoms with van der Waals surface area (Å²) in [6.07, 6.45) is 0.725. The van der Waals surface area contributed by atoms with Crippen LogP contribution in [0.4, 0.5) is 0 Å². The molecule has 1 saturated heterocycles. The fraction of sp³-hybridized carbons (Fsp3) is 0.300. The van der Waals surface area contributed by atoms with Crippen molar-refractivity contribution in [2.45, 2.75) is 18.9 Å². The third-order valence-electron chi connectivity index (χ3n) is 4.69. The van der Waals surface area contributed by atoms with E-state index in [9.17, 15) is 14.7 Å². The van der Waals surface area contributed by atoms with Crippen LogP contribution in [-0.2, 0) is 16.0 Å². The van der Waals surface area contributed by atoms with Crippen molar-refractivity contribution in [1.82, 2.24) is 4.90 Å². The summed E-state index contributed by atoms with van der Waals surface area (Å²) >= 11 is 0. The molecule has 1 fully saturated rings. The van der Waals surface area contributed by atoms with Gasteiger partial charge in [-0.05, 0) is 29.7 Å². The number of carboxylic acid groups (broad SMARTS) is 1. The number of carbonyl (C=O) groups excluding carboxylic acids is 1. The van der Waals surface area contributed by atoms with Gasteiger partial charge in [0.25, 0.3) is 0 Å². The van der Waals surface area contributed by atoms with E-state index in [0.717, 1.165) is 16.9 Å². The van der Waals surface area contributed by atoms with E-state index >= 15 is 0 Å². The van der Waals surface area contributed by atoms with Gasteiger partial charge in [-0.3, -0.25) is 9.59 Å². The Hall–Kier alpha value is -2.82. The van der Waals surface area contributed by atoms with Crippen LogP contribution in [0.3, 0.4) is 0 Å². The number of benzene rings is 2. The molecule has 2 atom stereocenters. The number of aliphatic carboxylic acids is 1. The van der Waals surface area contributed by atoms with Gasteiger partial charge in [0, 0.05) is 13.0 Å². The van der Waals surface area contributed by atoms with Crippen molar-refractivity contribution >= 4 is 11.9 Å². The van der Waals surface area contributed by atoms with Crippen LogP contribution in [0.15, 0.2) is 54.6 Å². The summed E-state index contributed by atoms with van der Waals surface area (Å²) in [5, 5.41) is 9.53. The van der Waals surface area contributed by atoms with Crippen LogP contribution >= 0.6 is 0 Å². The molecule has 0 aliphatic carbocycles. The lowest BCUT2D eigenvalue weighted by molar-refractivity contribution is -0.142. The Bertz CT molecular complexity index is 742. The highest BCUT2D eigenvalue weighted by Crippen LogP contribution is 2.38. The Labute approximate surface area is 146 Å². The summed E-state index contributed by atoms with van der Waals surface area (Å²) in [4.78, 5) is 25.8. The minimum absolute atomic E-state index is 0.0531. The van der Waals surface area contributed by atoms with Crippen molar-refractivity contribution < 1.29 is 19.4 Å². The van der Waals surface area contributed by atoms with Gasteiger partial charge in [0.2, 0.25) is 5.91 Å². The molecule has 1 aliphatic heterocycles. The highest BCUT2D eigenvalue weighted by molar-refractivity contribution is 5.87. The van der Waals surface area contributed by atoms with Gasteiger partial charge in [-0.15, -0.1) is 0 Å². The number of ether oxygens (including phenoxy) is 1. The van der Waals surface area contributed by atoms with E-state index in [1.807, 2.05) is 54.6 Å². The molecule has 1 N–H and O–H groups in total. The van der Waals surface area contributed by atoms with Gasteiger partial charge in [-0.2, -0.15) is 0 Å². The summed E-state index contributed by atoms with van der Waals surface area (Å²) in [7, 11) is 1.62. The Morgan fingerprint density at radius 3 is 2.44 bits per heavy atom. The number of likely N-dealkylation sites (tertiary alicyclic amines) is 1. The zero-order valence-corrected chi connectivity index (χ0v) is 14.1. The van der Waals surface area contributed by atoms with E-state index in [1.165, 1.54) is 0 Å². The molecule has 0 aromatic heterocycles. The van der Waals surface area contributed by atoms with Crippen LogP contribution in [0.5, 0.6) is 5.75 Å². The highest BCUT2D eigenvalue weighted by atomic mass is 16.5. The standard InChI is InChI=1S/C20H21NO4/c1-25-16-9-7-14(8-10-16)11-12-21-18(22)13-17(20(23)24)19(21)15-5-3-2-4-6-15/h2-10,17,19H,11-13H2,1H3,(H,23,24)/t17-,19+/m0/s1. The quantitative estimate of drug-likeness (QED) is 0.879. The van der Waals surface area contributed by atoms with E-state index < -0.39 is 17.9 Å². The van der Waals surface area contributed by atoms with Crippen molar-refractivity contribution in [3.05, 3.63) is 65.7 Å². The second kappa shape index (κ2) is 7.38. The SMILES string of the molecule is COc1ccc(CCN2C(=O)C[C@H](C(=O)O)[C@H]2c2ccccc2)cc1. The fourth-order valence-corrected chi connectivity index (χ4v) is 3.38. The molecule has 1 heterocycles. The van der Waals surface area contributed by atoms with E-state index in [2.05, 4.69) is 0 Å². The zero-order valence-electron chi connectivity index (χ0n) is 14.1. The van der Waals surface area contributed by atoms with E-state index in [4.69, 9.17) is 4.74 Å². The molecule has 1 aliphatic rings. The summed E-state index contributed by atoms with van der Waals surface area (Å²) in [6.45, 7) is 0.495. The van der Waals surface area contributed by atoms with Crippen molar-refractivity contribution in [2.75, 3.05) is 13.7 Å². The van der Waals surface area contributed by atoms with Gasteiger partial charge in [0.1, 0.15) is 5.75 Å². The van der Waals surface area contributed by atoms with Gasteiger partial charge < -0.3 is 14.7 Å². The molecule has 0 radical (unpaired) electrons. The zero-order chi connectivity index (χ0) is 17.8. The number of hydrogen-bond donors (Lipinski definition) is 1. The van der Waals surface area contributed by atoms with E-state index in [0.29, 0.717) is 13.0 Å². The molecule has 0 spiro atoms. The molecule has 5 nitrogen and oxygen atoms in total. The van der Waals surface area contributed by atoms with Gasteiger partial charge in [-0.1, -0.05) is 42.5 Å². The molecule has 0 unspecified atom stereocenters. The van der Waals surface area contributed by atoms with Crippen LogP contribution in [0.25, 0.3) is 0 Å². The number of methoxy groups -OCH3 is 1. The van der Waals surface area contributed by atoms with Gasteiger partial charge in [0.15, 0.2) is 0 Å². The largest absolute Gasteiger partial charge is 0.497 e. The molecular formula is C20H21NO4. The van der Waals surface area contributed by atoms with Crippen molar-refractivity contribution in [1.29, 1.82) is 0 Å². The third kappa shape index (κ3) is 3.65. The summed E-state index contributed by atoms with van der Waals surface area (Å²) in [5.74, 6) is -0.941.